The van der Waals surface area contributed by atoms with Gasteiger partial charge in [0.05, 0.1) is 24.6 Å². The van der Waals surface area contributed by atoms with Gasteiger partial charge in [-0.05, 0) is 42.3 Å². The maximum atomic E-state index is 12.4. The lowest BCUT2D eigenvalue weighted by atomic mass is 10.1. The van der Waals surface area contributed by atoms with Crippen molar-refractivity contribution in [1.29, 1.82) is 0 Å². The third kappa shape index (κ3) is 5.83. The monoisotopic (exact) mass is 532 g/mol. The Morgan fingerprint density at radius 2 is 2.00 bits per heavy atom. The van der Waals surface area contributed by atoms with Crippen molar-refractivity contribution in [2.45, 2.75) is 32.0 Å². The number of rotatable bonds is 9. The molecule has 2 unspecified atom stereocenters. The summed E-state index contributed by atoms with van der Waals surface area (Å²) in [7, 11) is 1.22. The molecule has 0 aliphatic carbocycles. The molecule has 190 valence electrons. The molecule has 1 aromatic heterocycles. The van der Waals surface area contributed by atoms with Crippen molar-refractivity contribution < 1.29 is 28.9 Å². The van der Waals surface area contributed by atoms with E-state index in [0.717, 1.165) is 27.0 Å². The van der Waals surface area contributed by atoms with Gasteiger partial charge < -0.3 is 19.3 Å². The van der Waals surface area contributed by atoms with Crippen LogP contribution in [0.2, 0.25) is 5.02 Å². The summed E-state index contributed by atoms with van der Waals surface area (Å²) in [5.74, 6) is -0.238. The molecule has 11 heteroatoms. The summed E-state index contributed by atoms with van der Waals surface area (Å²) in [6, 6.07) is 14.3. The fourth-order valence-corrected chi connectivity index (χ4v) is 4.92. The Hall–Kier alpha value is -3.50. The lowest BCUT2D eigenvalue weighted by Crippen LogP contribution is -2.38. The number of benzene rings is 2. The van der Waals surface area contributed by atoms with Gasteiger partial charge in [0, 0.05) is 11.4 Å². The number of carbonyl (C=O) groups is 2. The van der Waals surface area contributed by atoms with Gasteiger partial charge >= 0.3 is 16.9 Å². The molecule has 4 rings (SSSR count). The topological polar surface area (TPSA) is 107 Å². The van der Waals surface area contributed by atoms with Gasteiger partial charge in [0.1, 0.15) is 25.0 Å². The van der Waals surface area contributed by atoms with E-state index in [4.69, 9.17) is 21.1 Å². The van der Waals surface area contributed by atoms with E-state index in [1.54, 1.807) is 29.2 Å². The Kier molecular flexibility index (Phi) is 7.85. The van der Waals surface area contributed by atoms with E-state index in [0.29, 0.717) is 28.6 Å². The van der Waals surface area contributed by atoms with Crippen molar-refractivity contribution in [1.82, 2.24) is 9.47 Å². The van der Waals surface area contributed by atoms with Gasteiger partial charge in [-0.3, -0.25) is 19.1 Å². The number of hydrogen-bond acceptors (Lipinski definition) is 8. The van der Waals surface area contributed by atoms with Crippen molar-refractivity contribution in [3.05, 3.63) is 79.2 Å². The van der Waals surface area contributed by atoms with Crippen molar-refractivity contribution in [2.24, 2.45) is 0 Å². The number of ether oxygens (including phenoxy) is 3. The first-order chi connectivity index (χ1) is 17.2. The van der Waals surface area contributed by atoms with Crippen LogP contribution < -0.4 is 9.61 Å². The minimum absolute atomic E-state index is 0.217. The number of thiazole rings is 1. The van der Waals surface area contributed by atoms with Crippen LogP contribution >= 0.6 is 22.9 Å². The molecule has 36 heavy (non-hydrogen) atoms. The van der Waals surface area contributed by atoms with Crippen molar-refractivity contribution in [3.63, 3.8) is 0 Å². The summed E-state index contributed by atoms with van der Waals surface area (Å²) in [5, 5.41) is 10.9. The molecule has 1 N–H and O–H groups in total. The number of halogens is 1. The van der Waals surface area contributed by atoms with Crippen LogP contribution in [0.3, 0.4) is 0 Å². The highest BCUT2D eigenvalue weighted by Gasteiger charge is 2.35. The first kappa shape index (κ1) is 25.6. The SMILES string of the molecule is COC(=O)Cn1c(O)c(Cc2ccc(OCC(C)N3CC(c4cccc(Cl)c4)OC3=O)cc2)sc1=O. The molecule has 1 fully saturated rings. The molecule has 2 atom stereocenters. The largest absolute Gasteiger partial charge is 0.494 e. The normalized spacial score (nSPS) is 16.0. The van der Waals surface area contributed by atoms with Crippen molar-refractivity contribution in [3.8, 4) is 11.6 Å². The predicted molar refractivity (Wildman–Crippen MR) is 134 cm³/mol. The van der Waals surface area contributed by atoms with Crippen LogP contribution in [-0.2, 0) is 27.2 Å². The number of aromatic nitrogens is 1. The van der Waals surface area contributed by atoms with Gasteiger partial charge in [0.25, 0.3) is 0 Å². The van der Waals surface area contributed by atoms with Crippen LogP contribution in [0.15, 0.2) is 53.3 Å². The zero-order valence-corrected chi connectivity index (χ0v) is 21.3. The van der Waals surface area contributed by atoms with Crippen molar-refractivity contribution >= 4 is 35.0 Å². The molecule has 1 saturated heterocycles. The Bertz CT molecular complexity index is 1300. The van der Waals surface area contributed by atoms with E-state index >= 15 is 0 Å². The minimum Gasteiger partial charge on any atom is -0.494 e. The zero-order valence-electron chi connectivity index (χ0n) is 19.7. The number of esters is 1. The molecule has 2 heterocycles. The molecule has 3 aromatic rings. The average Bonchev–Trinajstić information content (AvgIpc) is 3.38. The van der Waals surface area contributed by atoms with E-state index < -0.39 is 16.9 Å². The van der Waals surface area contributed by atoms with E-state index in [1.807, 2.05) is 31.2 Å². The Morgan fingerprint density at radius 1 is 1.25 bits per heavy atom. The van der Waals surface area contributed by atoms with Gasteiger partial charge in [-0.1, -0.05) is 47.2 Å². The van der Waals surface area contributed by atoms with Gasteiger partial charge in [-0.25, -0.2) is 4.79 Å². The molecule has 1 amide bonds. The Balaban J connectivity index is 1.32. The number of aromatic hydroxyl groups is 1. The second-order valence-electron chi connectivity index (χ2n) is 8.34. The quantitative estimate of drug-likeness (QED) is 0.415. The zero-order chi connectivity index (χ0) is 25.8. The first-order valence-corrected chi connectivity index (χ1v) is 12.4. The third-order valence-electron chi connectivity index (χ3n) is 5.82. The standard InChI is InChI=1S/C25H25ClN2O7S/c1-15(27-12-20(35-24(27)31)17-4-3-5-18(26)11-17)14-34-19-8-6-16(7-9-19)10-21-23(30)28(25(32)36-21)13-22(29)33-2/h3-9,11,15,20,30H,10,12-14H2,1-2H3. The molecule has 0 saturated carbocycles. The number of amides is 1. The maximum Gasteiger partial charge on any atom is 0.410 e. The average molecular weight is 533 g/mol. The highest BCUT2D eigenvalue weighted by atomic mass is 35.5. The second-order valence-corrected chi connectivity index (χ2v) is 9.82. The third-order valence-corrected chi connectivity index (χ3v) is 7.03. The minimum atomic E-state index is -0.616. The smallest absolute Gasteiger partial charge is 0.410 e. The maximum absolute atomic E-state index is 12.4. The molecule has 1 aliphatic rings. The molecule has 1 aliphatic heterocycles. The van der Waals surface area contributed by atoms with Crippen LogP contribution in [0, 0.1) is 0 Å². The van der Waals surface area contributed by atoms with E-state index in [2.05, 4.69) is 4.74 Å². The van der Waals surface area contributed by atoms with Crippen LogP contribution in [0.1, 0.15) is 29.0 Å². The number of cyclic esters (lactones) is 1. The van der Waals surface area contributed by atoms with Crippen LogP contribution in [0.4, 0.5) is 4.79 Å². The highest BCUT2D eigenvalue weighted by Crippen LogP contribution is 2.29. The van der Waals surface area contributed by atoms with Gasteiger partial charge in [0.15, 0.2) is 0 Å². The summed E-state index contributed by atoms with van der Waals surface area (Å²) in [4.78, 5) is 37.6. The number of nitrogens with zero attached hydrogens (tertiary/aromatic N) is 2. The van der Waals surface area contributed by atoms with Gasteiger partial charge in [-0.15, -0.1) is 0 Å². The van der Waals surface area contributed by atoms with E-state index in [9.17, 15) is 19.5 Å². The second kappa shape index (κ2) is 11.0. The number of carbonyl (C=O) groups excluding carboxylic acids is 2. The highest BCUT2D eigenvalue weighted by molar-refractivity contribution is 7.09. The van der Waals surface area contributed by atoms with Crippen molar-refractivity contribution in [2.75, 3.05) is 20.3 Å². The fraction of sp³-hybridized carbons (Fsp3) is 0.320. The summed E-state index contributed by atoms with van der Waals surface area (Å²) < 4.78 is 16.9. The molecule has 2 aromatic carbocycles. The number of hydrogen-bond donors (Lipinski definition) is 1. The first-order valence-electron chi connectivity index (χ1n) is 11.2. The lowest BCUT2D eigenvalue weighted by molar-refractivity contribution is -0.141. The lowest BCUT2D eigenvalue weighted by Gasteiger charge is -2.22. The fourth-order valence-electron chi connectivity index (χ4n) is 3.81. The molecular weight excluding hydrogens is 508 g/mol. The van der Waals surface area contributed by atoms with E-state index in [-0.39, 0.29) is 31.2 Å². The van der Waals surface area contributed by atoms with Crippen LogP contribution in [-0.4, -0.2) is 52.9 Å². The van der Waals surface area contributed by atoms with Crippen LogP contribution in [0.5, 0.6) is 11.6 Å². The summed E-state index contributed by atoms with van der Waals surface area (Å²) >= 11 is 6.94. The Morgan fingerprint density at radius 3 is 2.69 bits per heavy atom. The van der Waals surface area contributed by atoms with Gasteiger partial charge in [-0.2, -0.15) is 0 Å². The molecule has 0 spiro atoms. The summed E-state index contributed by atoms with van der Waals surface area (Å²) in [6.45, 7) is 2.23. The Labute approximate surface area is 216 Å². The van der Waals surface area contributed by atoms with Gasteiger partial charge in [0.2, 0.25) is 5.88 Å². The summed E-state index contributed by atoms with van der Waals surface area (Å²) in [5.41, 5.74) is 1.70. The molecule has 0 bridgehead atoms. The molecular formula is C25H25ClN2O7S. The van der Waals surface area contributed by atoms with Crippen LogP contribution in [0.25, 0.3) is 0 Å². The number of methoxy groups -OCH3 is 1. The predicted octanol–water partition coefficient (Wildman–Crippen LogP) is 3.99. The summed E-state index contributed by atoms with van der Waals surface area (Å²) in [6.07, 6.45) is -0.460. The molecule has 0 radical (unpaired) electrons. The molecule has 9 nitrogen and oxygen atoms in total. The van der Waals surface area contributed by atoms with E-state index in [1.165, 1.54) is 7.11 Å².